The van der Waals surface area contributed by atoms with Gasteiger partial charge in [0.25, 0.3) is 0 Å². The molecule has 4 bridgehead atoms. The Balaban J connectivity index is 1.51. The van der Waals surface area contributed by atoms with Crippen LogP contribution in [0.2, 0.25) is 0 Å². The molecule has 0 aliphatic heterocycles. The summed E-state index contributed by atoms with van der Waals surface area (Å²) < 4.78 is 37.3. The van der Waals surface area contributed by atoms with Crippen LogP contribution in [-0.2, 0) is 19.1 Å². The van der Waals surface area contributed by atoms with Crippen molar-refractivity contribution in [3.05, 3.63) is 0 Å². The second kappa shape index (κ2) is 6.51. The molecular formula is C19H28F2O5. The Morgan fingerprint density at radius 1 is 1.19 bits per heavy atom. The second-order valence-corrected chi connectivity index (χ2v) is 9.36. The molecule has 4 aliphatic carbocycles. The SMILES string of the molecule is CC(C)(C)C(F)(F)OCC(O)COC(=O)C12CC3CC(C1)C(=O)C(C3)C2. The number of ether oxygens (including phenoxy) is 2. The van der Waals surface area contributed by atoms with Crippen LogP contribution in [0.25, 0.3) is 0 Å². The summed E-state index contributed by atoms with van der Waals surface area (Å²) >= 11 is 0. The largest absolute Gasteiger partial charge is 0.462 e. The molecule has 0 aromatic heterocycles. The van der Waals surface area contributed by atoms with Crippen LogP contribution < -0.4 is 0 Å². The van der Waals surface area contributed by atoms with Crippen molar-refractivity contribution in [3.63, 3.8) is 0 Å². The first-order valence-corrected chi connectivity index (χ1v) is 9.34. The molecule has 4 aliphatic rings. The Hall–Kier alpha value is -1.08. The molecule has 7 heteroatoms. The number of halogens is 2. The lowest BCUT2D eigenvalue weighted by Gasteiger charge is -2.53. The van der Waals surface area contributed by atoms with Crippen molar-refractivity contribution in [2.75, 3.05) is 13.2 Å². The number of aliphatic hydroxyl groups excluding tert-OH is 1. The fourth-order valence-electron chi connectivity index (χ4n) is 4.79. The number of carbonyl (C=O) groups excluding carboxylic acids is 2. The maximum absolute atomic E-state index is 13.8. The summed E-state index contributed by atoms with van der Waals surface area (Å²) in [6.45, 7) is 3.03. The van der Waals surface area contributed by atoms with Crippen LogP contribution in [0, 0.1) is 28.6 Å². The zero-order chi connectivity index (χ0) is 19.3. The van der Waals surface area contributed by atoms with Gasteiger partial charge in [0.1, 0.15) is 18.5 Å². The highest BCUT2D eigenvalue weighted by molar-refractivity contribution is 5.89. The van der Waals surface area contributed by atoms with Crippen molar-refractivity contribution >= 4 is 11.8 Å². The molecule has 3 atom stereocenters. The first-order valence-electron chi connectivity index (χ1n) is 9.34. The van der Waals surface area contributed by atoms with Crippen molar-refractivity contribution in [2.45, 2.75) is 65.1 Å². The third-order valence-electron chi connectivity index (χ3n) is 6.16. The van der Waals surface area contributed by atoms with Crippen molar-refractivity contribution < 1.29 is 33.0 Å². The number of esters is 1. The number of Topliss-reactive ketones (excluding diaryl/α,β-unsaturated/α-hetero) is 1. The van der Waals surface area contributed by atoms with E-state index in [0.29, 0.717) is 18.8 Å². The van der Waals surface area contributed by atoms with Gasteiger partial charge in [-0.1, -0.05) is 20.8 Å². The van der Waals surface area contributed by atoms with Crippen LogP contribution in [0.5, 0.6) is 0 Å². The molecule has 0 heterocycles. The third-order valence-corrected chi connectivity index (χ3v) is 6.16. The van der Waals surface area contributed by atoms with E-state index in [2.05, 4.69) is 4.74 Å². The molecule has 4 rings (SSSR count). The first-order chi connectivity index (χ1) is 11.9. The maximum atomic E-state index is 13.8. The third kappa shape index (κ3) is 3.52. The van der Waals surface area contributed by atoms with E-state index in [1.54, 1.807) is 0 Å². The molecule has 0 spiro atoms. The van der Waals surface area contributed by atoms with Crippen LogP contribution in [0.3, 0.4) is 0 Å². The molecule has 26 heavy (non-hydrogen) atoms. The molecule has 0 amide bonds. The van der Waals surface area contributed by atoms with Gasteiger partial charge in [-0.05, 0) is 38.0 Å². The minimum Gasteiger partial charge on any atom is -0.462 e. The lowest BCUT2D eigenvalue weighted by molar-refractivity contribution is -0.302. The number of hydrogen-bond acceptors (Lipinski definition) is 5. The molecule has 5 nitrogen and oxygen atoms in total. The number of ketones is 1. The van der Waals surface area contributed by atoms with Crippen molar-refractivity contribution in [3.8, 4) is 0 Å². The van der Waals surface area contributed by atoms with Gasteiger partial charge in [-0.15, -0.1) is 0 Å². The van der Waals surface area contributed by atoms with Gasteiger partial charge in [-0.2, -0.15) is 8.78 Å². The zero-order valence-electron chi connectivity index (χ0n) is 15.6. The lowest BCUT2D eigenvalue weighted by Crippen LogP contribution is -2.55. The smallest absolute Gasteiger partial charge is 0.360 e. The summed E-state index contributed by atoms with van der Waals surface area (Å²) in [5, 5.41) is 9.86. The van der Waals surface area contributed by atoms with Crippen LogP contribution in [-0.4, -0.2) is 42.3 Å². The van der Waals surface area contributed by atoms with Gasteiger partial charge in [-0.3, -0.25) is 9.59 Å². The monoisotopic (exact) mass is 374 g/mol. The number of aliphatic hydroxyl groups is 1. The van der Waals surface area contributed by atoms with Gasteiger partial charge in [0, 0.05) is 11.8 Å². The summed E-state index contributed by atoms with van der Waals surface area (Å²) in [5.41, 5.74) is -2.03. The van der Waals surface area contributed by atoms with Crippen LogP contribution in [0.15, 0.2) is 0 Å². The summed E-state index contributed by atoms with van der Waals surface area (Å²) in [4.78, 5) is 24.8. The highest BCUT2D eigenvalue weighted by atomic mass is 19.3. The average Bonchev–Trinajstić information content (AvgIpc) is 2.53. The highest BCUT2D eigenvalue weighted by Crippen LogP contribution is 2.59. The predicted octanol–water partition coefficient (Wildman–Crippen LogP) is 2.94. The molecule has 0 aromatic rings. The molecule has 0 aromatic carbocycles. The van der Waals surface area contributed by atoms with Crippen molar-refractivity contribution in [1.29, 1.82) is 0 Å². The Morgan fingerprint density at radius 3 is 2.31 bits per heavy atom. The minimum atomic E-state index is -3.39. The summed E-state index contributed by atoms with van der Waals surface area (Å²) in [6, 6.07) is 0. The normalized spacial score (nSPS) is 34.8. The van der Waals surface area contributed by atoms with Gasteiger partial charge in [0.05, 0.1) is 17.4 Å². The fraction of sp³-hybridized carbons (Fsp3) is 0.895. The molecule has 0 radical (unpaired) electrons. The molecule has 148 valence electrons. The van der Waals surface area contributed by atoms with E-state index >= 15 is 0 Å². The zero-order valence-corrected chi connectivity index (χ0v) is 15.6. The van der Waals surface area contributed by atoms with E-state index in [-0.39, 0.29) is 24.2 Å². The molecule has 4 fully saturated rings. The van der Waals surface area contributed by atoms with Crippen LogP contribution >= 0.6 is 0 Å². The number of alkyl halides is 2. The van der Waals surface area contributed by atoms with Crippen molar-refractivity contribution in [1.82, 2.24) is 0 Å². The number of hydrogen-bond donors (Lipinski definition) is 1. The average molecular weight is 374 g/mol. The summed E-state index contributed by atoms with van der Waals surface area (Å²) in [6.07, 6.45) is -1.22. The van der Waals surface area contributed by atoms with E-state index in [4.69, 9.17) is 4.74 Å². The lowest BCUT2D eigenvalue weighted by atomic mass is 9.49. The molecule has 3 unspecified atom stereocenters. The van der Waals surface area contributed by atoms with Crippen LogP contribution in [0.4, 0.5) is 8.78 Å². The first kappa shape index (κ1) is 19.7. The fourth-order valence-corrected chi connectivity index (χ4v) is 4.79. The summed E-state index contributed by atoms with van der Waals surface area (Å²) in [5.74, 6) is 0.157. The molecule has 4 saturated carbocycles. The predicted molar refractivity (Wildman–Crippen MR) is 88.3 cm³/mol. The topological polar surface area (TPSA) is 72.8 Å². The standard InChI is InChI=1S/C19H28F2O5/c1-17(2,3)19(20,21)26-10-14(22)9-25-16(24)18-6-11-4-12(7-18)15(23)13(5-11)8-18/h11-14,22H,4-10H2,1-3H3. The molecule has 0 saturated heterocycles. The van der Waals surface area contributed by atoms with Crippen LogP contribution in [0.1, 0.15) is 52.9 Å². The van der Waals surface area contributed by atoms with E-state index in [1.807, 2.05) is 0 Å². The maximum Gasteiger partial charge on any atom is 0.360 e. The van der Waals surface area contributed by atoms with E-state index in [1.165, 1.54) is 20.8 Å². The number of rotatable bonds is 6. The van der Waals surface area contributed by atoms with E-state index in [0.717, 1.165) is 19.3 Å². The van der Waals surface area contributed by atoms with Crippen molar-refractivity contribution in [2.24, 2.45) is 28.6 Å². The van der Waals surface area contributed by atoms with Gasteiger partial charge in [-0.25, -0.2) is 0 Å². The van der Waals surface area contributed by atoms with E-state index in [9.17, 15) is 23.5 Å². The summed E-state index contributed by atoms with van der Waals surface area (Å²) in [7, 11) is 0. The molecular weight excluding hydrogens is 346 g/mol. The Labute approximate surface area is 152 Å². The van der Waals surface area contributed by atoms with Gasteiger partial charge < -0.3 is 14.6 Å². The van der Waals surface area contributed by atoms with E-state index < -0.39 is 35.6 Å². The second-order valence-electron chi connectivity index (χ2n) is 9.36. The van der Waals surface area contributed by atoms with Gasteiger partial charge >= 0.3 is 12.1 Å². The molecule has 1 N–H and O–H groups in total. The quantitative estimate of drug-likeness (QED) is 0.724. The highest BCUT2D eigenvalue weighted by Gasteiger charge is 2.59. The Bertz CT molecular complexity index is 565. The Morgan fingerprint density at radius 2 is 1.77 bits per heavy atom. The Kier molecular flexibility index (Phi) is 4.93. The van der Waals surface area contributed by atoms with Gasteiger partial charge in [0.2, 0.25) is 0 Å². The van der Waals surface area contributed by atoms with Gasteiger partial charge in [0.15, 0.2) is 0 Å². The number of carbonyl (C=O) groups is 2. The minimum absolute atomic E-state index is 0.0486.